The Morgan fingerprint density at radius 3 is 2.22 bits per heavy atom. The van der Waals surface area contributed by atoms with Gasteiger partial charge < -0.3 is 5.32 Å². The Balaban J connectivity index is 1.92. The summed E-state index contributed by atoms with van der Waals surface area (Å²) in [5.74, 6) is -0.555. The van der Waals surface area contributed by atoms with E-state index in [2.05, 4.69) is 21.0 Å². The molecule has 0 saturated carbocycles. The average molecular weight is 322 g/mol. The molecule has 0 aliphatic rings. The lowest BCUT2D eigenvalue weighted by atomic mass is 10.2. The van der Waals surface area contributed by atoms with Crippen LogP contribution in [0.15, 0.2) is 66.4 Å². The maximum absolute atomic E-state index is 12.0. The second-order valence-corrected chi connectivity index (χ2v) is 4.86. The van der Waals surface area contributed by atoms with Crippen LogP contribution < -0.4 is 16.2 Å². The van der Waals surface area contributed by atoms with Crippen LogP contribution in [-0.2, 0) is 4.79 Å². The molecule has 0 aliphatic heterocycles. The van der Waals surface area contributed by atoms with Crippen LogP contribution in [0.1, 0.15) is 5.56 Å². The minimum absolute atomic E-state index is 0.0359. The lowest BCUT2D eigenvalue weighted by molar-refractivity contribution is -0.117. The standard InChI is InChI=1S/C17H14N4OS/c1-18-15(12-13-8-4-2-5-9-13)16(22)20-21-17(23)19-14-10-6-3-7-11-14/h2-12H,(H,20,22)(H2,19,21,23). The fourth-order valence-corrected chi connectivity index (χ4v) is 1.89. The van der Waals surface area contributed by atoms with Crippen molar-refractivity contribution in [2.75, 3.05) is 5.32 Å². The molecule has 23 heavy (non-hydrogen) atoms. The molecule has 0 radical (unpaired) electrons. The van der Waals surface area contributed by atoms with Crippen LogP contribution >= 0.6 is 12.2 Å². The molecule has 114 valence electrons. The summed E-state index contributed by atoms with van der Waals surface area (Å²) in [6.45, 7) is 7.12. The van der Waals surface area contributed by atoms with E-state index >= 15 is 0 Å². The predicted octanol–water partition coefficient (Wildman–Crippen LogP) is 2.96. The van der Waals surface area contributed by atoms with Gasteiger partial charge in [0.2, 0.25) is 0 Å². The predicted molar refractivity (Wildman–Crippen MR) is 95.0 cm³/mol. The summed E-state index contributed by atoms with van der Waals surface area (Å²) >= 11 is 5.07. The third kappa shape index (κ3) is 5.26. The molecule has 0 aromatic heterocycles. The Hall–Kier alpha value is -3.17. The second kappa shape index (κ2) is 8.32. The monoisotopic (exact) mass is 322 g/mol. The summed E-state index contributed by atoms with van der Waals surface area (Å²) in [5, 5.41) is 3.14. The molecule has 0 aliphatic carbocycles. The zero-order chi connectivity index (χ0) is 16.5. The molecule has 1 amide bonds. The van der Waals surface area contributed by atoms with Gasteiger partial charge in [-0.25, -0.2) is 4.85 Å². The number of carbonyl (C=O) groups excluding carboxylic acids is 1. The molecule has 0 bridgehead atoms. The van der Waals surface area contributed by atoms with Crippen LogP contribution in [0.25, 0.3) is 10.9 Å². The summed E-state index contributed by atoms with van der Waals surface area (Å²) in [6, 6.07) is 18.5. The van der Waals surface area contributed by atoms with E-state index in [1.165, 1.54) is 6.08 Å². The van der Waals surface area contributed by atoms with Crippen LogP contribution in [0.5, 0.6) is 0 Å². The second-order valence-electron chi connectivity index (χ2n) is 4.45. The van der Waals surface area contributed by atoms with Crippen molar-refractivity contribution < 1.29 is 4.79 Å². The fourth-order valence-electron chi connectivity index (χ4n) is 1.72. The highest BCUT2D eigenvalue weighted by atomic mass is 32.1. The summed E-state index contributed by atoms with van der Waals surface area (Å²) in [7, 11) is 0. The number of benzene rings is 2. The Bertz CT molecular complexity index is 751. The van der Waals surface area contributed by atoms with Crippen molar-refractivity contribution in [1.29, 1.82) is 0 Å². The molecule has 0 unspecified atom stereocenters. The maximum atomic E-state index is 12.0. The topological polar surface area (TPSA) is 57.5 Å². The van der Waals surface area contributed by atoms with Gasteiger partial charge in [-0.3, -0.25) is 15.6 Å². The van der Waals surface area contributed by atoms with Crippen LogP contribution in [0, 0.1) is 6.57 Å². The van der Waals surface area contributed by atoms with E-state index in [1.54, 1.807) is 0 Å². The number of hydrogen-bond acceptors (Lipinski definition) is 2. The van der Waals surface area contributed by atoms with Crippen molar-refractivity contribution in [3.8, 4) is 0 Å². The largest absolute Gasteiger partial charge is 0.331 e. The van der Waals surface area contributed by atoms with Gasteiger partial charge in [0.15, 0.2) is 5.11 Å². The number of para-hydroxylation sites is 1. The first-order valence-electron chi connectivity index (χ1n) is 6.75. The lowest BCUT2D eigenvalue weighted by Crippen LogP contribution is -2.44. The molecule has 0 fully saturated rings. The highest BCUT2D eigenvalue weighted by Crippen LogP contribution is 2.08. The first-order valence-corrected chi connectivity index (χ1v) is 7.16. The number of anilines is 1. The minimum atomic E-state index is -0.555. The summed E-state index contributed by atoms with van der Waals surface area (Å²) in [6.07, 6.45) is 1.51. The van der Waals surface area contributed by atoms with E-state index in [0.29, 0.717) is 0 Å². The zero-order valence-electron chi connectivity index (χ0n) is 12.1. The van der Waals surface area contributed by atoms with E-state index in [-0.39, 0.29) is 10.8 Å². The van der Waals surface area contributed by atoms with E-state index in [1.807, 2.05) is 60.7 Å². The first-order chi connectivity index (χ1) is 11.2. The highest BCUT2D eigenvalue weighted by Gasteiger charge is 2.09. The number of hydrazine groups is 1. The lowest BCUT2D eigenvalue weighted by Gasteiger charge is -2.11. The van der Waals surface area contributed by atoms with Gasteiger partial charge in [0.05, 0.1) is 6.57 Å². The van der Waals surface area contributed by atoms with Gasteiger partial charge in [-0.2, -0.15) is 0 Å². The number of nitrogens with one attached hydrogen (secondary N) is 3. The molecule has 2 rings (SSSR count). The molecule has 0 saturated heterocycles. The van der Waals surface area contributed by atoms with Crippen molar-refractivity contribution in [3.05, 3.63) is 83.3 Å². The smallest absolute Gasteiger partial charge is 0.268 e. The van der Waals surface area contributed by atoms with Gasteiger partial charge >= 0.3 is 0 Å². The van der Waals surface area contributed by atoms with Crippen LogP contribution in [0.3, 0.4) is 0 Å². The summed E-state index contributed by atoms with van der Waals surface area (Å²) in [5.41, 5.74) is 6.50. The minimum Gasteiger partial charge on any atom is -0.331 e. The van der Waals surface area contributed by atoms with Crippen molar-refractivity contribution in [2.45, 2.75) is 0 Å². The van der Waals surface area contributed by atoms with Crippen LogP contribution in [-0.4, -0.2) is 11.0 Å². The summed E-state index contributed by atoms with van der Waals surface area (Å²) < 4.78 is 0. The third-order valence-corrected chi connectivity index (χ3v) is 2.98. The zero-order valence-corrected chi connectivity index (χ0v) is 12.9. The molecule has 5 nitrogen and oxygen atoms in total. The maximum Gasteiger partial charge on any atom is 0.268 e. The van der Waals surface area contributed by atoms with Crippen molar-refractivity contribution in [3.63, 3.8) is 0 Å². The third-order valence-electron chi connectivity index (χ3n) is 2.78. The highest BCUT2D eigenvalue weighted by molar-refractivity contribution is 7.80. The van der Waals surface area contributed by atoms with Crippen molar-refractivity contribution >= 4 is 35.0 Å². The number of hydrogen-bond donors (Lipinski definition) is 3. The van der Waals surface area contributed by atoms with E-state index < -0.39 is 5.91 Å². The molecular weight excluding hydrogens is 308 g/mol. The first kappa shape index (κ1) is 16.2. The number of nitrogens with zero attached hydrogens (tertiary/aromatic N) is 1. The molecule has 2 aromatic carbocycles. The molecule has 0 heterocycles. The van der Waals surface area contributed by atoms with Gasteiger partial charge in [-0.05, 0) is 36.0 Å². The van der Waals surface area contributed by atoms with Crippen molar-refractivity contribution in [2.24, 2.45) is 0 Å². The molecule has 2 aromatic rings. The number of thiocarbonyl (C=S) groups is 1. The molecule has 6 heteroatoms. The molecule has 0 atom stereocenters. The quantitative estimate of drug-likeness (QED) is 0.352. The van der Waals surface area contributed by atoms with E-state index in [0.717, 1.165) is 11.3 Å². The average Bonchev–Trinajstić information content (AvgIpc) is 2.59. The van der Waals surface area contributed by atoms with Gasteiger partial charge in [-0.1, -0.05) is 48.5 Å². The number of rotatable bonds is 3. The normalized spacial score (nSPS) is 10.3. The van der Waals surface area contributed by atoms with E-state index in [4.69, 9.17) is 18.8 Å². The van der Waals surface area contributed by atoms with Gasteiger partial charge in [0.25, 0.3) is 11.6 Å². The van der Waals surface area contributed by atoms with Gasteiger partial charge in [-0.15, -0.1) is 0 Å². The van der Waals surface area contributed by atoms with Crippen LogP contribution in [0.4, 0.5) is 5.69 Å². The molecule has 0 spiro atoms. The van der Waals surface area contributed by atoms with Gasteiger partial charge in [0.1, 0.15) is 0 Å². The van der Waals surface area contributed by atoms with Gasteiger partial charge in [0, 0.05) is 5.69 Å². The molecular formula is C17H14N4OS. The Morgan fingerprint density at radius 1 is 1.00 bits per heavy atom. The Labute approximate surface area is 139 Å². The molecule has 3 N–H and O–H groups in total. The summed E-state index contributed by atoms with van der Waals surface area (Å²) in [4.78, 5) is 15.2. The SMILES string of the molecule is [C-]#[N+]C(=Cc1ccccc1)C(=O)NNC(=S)Nc1ccccc1. The Morgan fingerprint density at radius 2 is 1.61 bits per heavy atom. The Kier molecular flexibility index (Phi) is 5.86. The van der Waals surface area contributed by atoms with E-state index in [9.17, 15) is 4.79 Å². The van der Waals surface area contributed by atoms with Crippen LogP contribution in [0.2, 0.25) is 0 Å². The fraction of sp³-hybridized carbons (Fsp3) is 0. The number of carbonyl (C=O) groups is 1. The van der Waals surface area contributed by atoms with Crippen molar-refractivity contribution in [1.82, 2.24) is 10.9 Å². The number of amides is 1.